The normalized spacial score (nSPS) is 11.0. The van der Waals surface area contributed by atoms with Crippen molar-refractivity contribution in [2.75, 3.05) is 0 Å². The molecule has 0 bridgehead atoms. The molecule has 0 aliphatic heterocycles. The fourth-order valence-electron chi connectivity index (χ4n) is 3.41. The summed E-state index contributed by atoms with van der Waals surface area (Å²) in [7, 11) is 0. The zero-order valence-corrected chi connectivity index (χ0v) is 16.5. The van der Waals surface area contributed by atoms with Crippen LogP contribution in [0.2, 0.25) is 0 Å². The van der Waals surface area contributed by atoms with Crippen LogP contribution in [0.1, 0.15) is 22.3 Å². The molecule has 4 aromatic rings. The molecule has 0 aliphatic rings. The van der Waals surface area contributed by atoms with E-state index >= 15 is 0 Å². The zero-order chi connectivity index (χ0) is 20.1. The molecule has 0 fully saturated rings. The fourth-order valence-corrected chi connectivity index (χ4v) is 3.41. The first-order valence-corrected chi connectivity index (χ1v) is 9.83. The van der Waals surface area contributed by atoms with Crippen molar-refractivity contribution in [1.29, 1.82) is 0 Å². The Morgan fingerprint density at radius 3 is 2.28 bits per heavy atom. The van der Waals surface area contributed by atoms with Gasteiger partial charge >= 0.3 is 0 Å². The standard InChI is InChI=1S/C26H24FNO/c1-19-6-8-21(9-7-19)18-29-26-15-12-22-4-2-3-5-24(22)25(26)17-28-16-20-10-13-23(27)14-11-20/h2-15,28H,16-18H2,1H3. The number of hydrogen-bond donors (Lipinski definition) is 1. The number of ether oxygens (including phenoxy) is 1. The summed E-state index contributed by atoms with van der Waals surface area (Å²) in [6.07, 6.45) is 0. The molecule has 3 heteroatoms. The van der Waals surface area contributed by atoms with E-state index in [1.807, 2.05) is 12.1 Å². The smallest absolute Gasteiger partial charge is 0.124 e. The van der Waals surface area contributed by atoms with Crippen molar-refractivity contribution in [1.82, 2.24) is 5.32 Å². The molecule has 0 radical (unpaired) electrons. The second-order valence-corrected chi connectivity index (χ2v) is 7.27. The molecule has 1 N–H and O–H groups in total. The second-order valence-electron chi connectivity index (χ2n) is 7.27. The van der Waals surface area contributed by atoms with Gasteiger partial charge in [0.15, 0.2) is 0 Å². The predicted molar refractivity (Wildman–Crippen MR) is 116 cm³/mol. The Balaban J connectivity index is 1.53. The lowest BCUT2D eigenvalue weighted by atomic mass is 10.0. The molecular weight excluding hydrogens is 361 g/mol. The minimum absolute atomic E-state index is 0.213. The van der Waals surface area contributed by atoms with E-state index in [9.17, 15) is 4.39 Å². The van der Waals surface area contributed by atoms with E-state index in [-0.39, 0.29) is 5.82 Å². The highest BCUT2D eigenvalue weighted by molar-refractivity contribution is 5.87. The second kappa shape index (κ2) is 8.89. The third kappa shape index (κ3) is 4.82. The molecule has 0 amide bonds. The van der Waals surface area contributed by atoms with Gasteiger partial charge in [-0.15, -0.1) is 0 Å². The van der Waals surface area contributed by atoms with Gasteiger partial charge in [0.2, 0.25) is 0 Å². The van der Waals surface area contributed by atoms with Crippen LogP contribution in [-0.4, -0.2) is 0 Å². The maximum absolute atomic E-state index is 13.1. The number of rotatable bonds is 7. The van der Waals surface area contributed by atoms with Crippen molar-refractivity contribution in [2.24, 2.45) is 0 Å². The summed E-state index contributed by atoms with van der Waals surface area (Å²) in [5.74, 6) is 0.672. The summed E-state index contributed by atoms with van der Waals surface area (Å²) < 4.78 is 19.3. The Kier molecular flexibility index (Phi) is 5.87. The Hall–Kier alpha value is -3.17. The van der Waals surface area contributed by atoms with Gasteiger partial charge in [0, 0.05) is 18.7 Å². The lowest BCUT2D eigenvalue weighted by Crippen LogP contribution is -2.14. The largest absolute Gasteiger partial charge is 0.489 e. The lowest BCUT2D eigenvalue weighted by Gasteiger charge is -2.15. The molecule has 0 aliphatic carbocycles. The van der Waals surface area contributed by atoms with Gasteiger partial charge in [-0.25, -0.2) is 4.39 Å². The number of hydrogen-bond acceptors (Lipinski definition) is 2. The van der Waals surface area contributed by atoms with Gasteiger partial charge < -0.3 is 10.1 Å². The monoisotopic (exact) mass is 385 g/mol. The quantitative estimate of drug-likeness (QED) is 0.412. The first-order chi connectivity index (χ1) is 14.2. The predicted octanol–water partition coefficient (Wildman–Crippen LogP) is 6.16. The van der Waals surface area contributed by atoms with Crippen LogP contribution < -0.4 is 10.1 Å². The summed E-state index contributed by atoms with van der Waals surface area (Å²) >= 11 is 0. The molecule has 29 heavy (non-hydrogen) atoms. The van der Waals surface area contributed by atoms with E-state index in [0.29, 0.717) is 19.7 Å². The molecule has 0 heterocycles. The van der Waals surface area contributed by atoms with E-state index in [1.54, 1.807) is 12.1 Å². The molecule has 0 aromatic heterocycles. The Morgan fingerprint density at radius 1 is 0.759 bits per heavy atom. The molecule has 2 nitrogen and oxygen atoms in total. The lowest BCUT2D eigenvalue weighted by molar-refractivity contribution is 0.302. The first kappa shape index (κ1) is 19.2. The average molecular weight is 385 g/mol. The van der Waals surface area contributed by atoms with Crippen molar-refractivity contribution in [3.63, 3.8) is 0 Å². The summed E-state index contributed by atoms with van der Waals surface area (Å²) in [5.41, 5.74) is 4.57. The molecule has 0 saturated carbocycles. The highest BCUT2D eigenvalue weighted by Crippen LogP contribution is 2.29. The highest BCUT2D eigenvalue weighted by Gasteiger charge is 2.09. The third-order valence-corrected chi connectivity index (χ3v) is 5.06. The van der Waals surface area contributed by atoms with Gasteiger partial charge in [0.05, 0.1) is 0 Å². The SMILES string of the molecule is Cc1ccc(COc2ccc3ccccc3c2CNCc2ccc(F)cc2)cc1. The Labute approximate surface area is 171 Å². The van der Waals surface area contributed by atoms with Crippen molar-refractivity contribution in [3.8, 4) is 5.75 Å². The number of fused-ring (bicyclic) bond motifs is 1. The number of nitrogens with one attached hydrogen (secondary N) is 1. The van der Waals surface area contributed by atoms with E-state index in [2.05, 4.69) is 60.8 Å². The summed E-state index contributed by atoms with van der Waals surface area (Å²) in [6, 6.07) is 27.5. The van der Waals surface area contributed by atoms with Gasteiger partial charge in [-0.1, -0.05) is 72.3 Å². The van der Waals surface area contributed by atoms with Crippen LogP contribution in [0.25, 0.3) is 10.8 Å². The molecule has 0 spiro atoms. The molecule has 0 saturated heterocycles. The van der Waals surface area contributed by atoms with Crippen molar-refractivity contribution in [3.05, 3.63) is 113 Å². The third-order valence-electron chi connectivity index (χ3n) is 5.06. The molecule has 0 unspecified atom stereocenters. The van der Waals surface area contributed by atoms with E-state index in [0.717, 1.165) is 22.4 Å². The van der Waals surface area contributed by atoms with Gasteiger partial charge in [0.25, 0.3) is 0 Å². The van der Waals surface area contributed by atoms with Crippen LogP contribution in [0.4, 0.5) is 4.39 Å². The fraction of sp³-hybridized carbons (Fsp3) is 0.154. The van der Waals surface area contributed by atoms with Crippen LogP contribution in [0.3, 0.4) is 0 Å². The van der Waals surface area contributed by atoms with Gasteiger partial charge in [-0.2, -0.15) is 0 Å². The molecular formula is C26H24FNO. The van der Waals surface area contributed by atoms with Gasteiger partial charge in [-0.05, 0) is 47.0 Å². The molecule has 4 aromatic carbocycles. The number of aryl methyl sites for hydroxylation is 1. The summed E-state index contributed by atoms with van der Waals surface area (Å²) in [4.78, 5) is 0. The number of benzene rings is 4. The van der Waals surface area contributed by atoms with Crippen LogP contribution in [0.5, 0.6) is 5.75 Å². The van der Waals surface area contributed by atoms with E-state index < -0.39 is 0 Å². The van der Waals surface area contributed by atoms with Crippen LogP contribution in [-0.2, 0) is 19.7 Å². The van der Waals surface area contributed by atoms with Crippen molar-refractivity contribution >= 4 is 10.8 Å². The average Bonchev–Trinajstić information content (AvgIpc) is 2.75. The van der Waals surface area contributed by atoms with E-state index in [1.165, 1.54) is 28.5 Å². The van der Waals surface area contributed by atoms with Crippen LogP contribution >= 0.6 is 0 Å². The van der Waals surface area contributed by atoms with Gasteiger partial charge in [-0.3, -0.25) is 0 Å². The Morgan fingerprint density at radius 2 is 1.48 bits per heavy atom. The summed E-state index contributed by atoms with van der Waals surface area (Å²) in [6.45, 7) is 3.95. The maximum atomic E-state index is 13.1. The summed E-state index contributed by atoms with van der Waals surface area (Å²) in [5, 5.41) is 5.84. The molecule has 0 atom stereocenters. The van der Waals surface area contributed by atoms with Crippen molar-refractivity contribution in [2.45, 2.75) is 26.6 Å². The van der Waals surface area contributed by atoms with Crippen LogP contribution in [0, 0.1) is 12.7 Å². The first-order valence-electron chi connectivity index (χ1n) is 9.83. The Bertz CT molecular complexity index is 1090. The topological polar surface area (TPSA) is 21.3 Å². The zero-order valence-electron chi connectivity index (χ0n) is 16.5. The van der Waals surface area contributed by atoms with Crippen LogP contribution in [0.15, 0.2) is 84.9 Å². The van der Waals surface area contributed by atoms with Gasteiger partial charge in [0.1, 0.15) is 18.2 Å². The molecule has 4 rings (SSSR count). The maximum Gasteiger partial charge on any atom is 0.124 e. The molecule has 146 valence electrons. The minimum atomic E-state index is -0.213. The number of halogens is 1. The van der Waals surface area contributed by atoms with E-state index in [4.69, 9.17) is 4.74 Å². The minimum Gasteiger partial charge on any atom is -0.489 e. The highest BCUT2D eigenvalue weighted by atomic mass is 19.1. The van der Waals surface area contributed by atoms with Crippen molar-refractivity contribution < 1.29 is 9.13 Å².